The van der Waals surface area contributed by atoms with E-state index in [2.05, 4.69) is 5.32 Å². The van der Waals surface area contributed by atoms with Crippen LogP contribution in [0.15, 0.2) is 48.5 Å². The number of piperidine rings is 1. The number of fused-ring (bicyclic) bond motifs is 1. The van der Waals surface area contributed by atoms with Crippen LogP contribution in [0.3, 0.4) is 0 Å². The predicted molar refractivity (Wildman–Crippen MR) is 118 cm³/mol. The minimum Gasteiger partial charge on any atom is -0.465 e. The number of benzene rings is 2. The third-order valence-corrected chi connectivity index (χ3v) is 6.01. The molecule has 1 N–H and O–H groups in total. The molecule has 0 radical (unpaired) electrons. The molecular weight excluding hydrogens is 410 g/mol. The first kappa shape index (κ1) is 21.7. The number of amides is 2. The molecule has 4 rings (SSSR count). The molecular formula is C24H27N3O5. The van der Waals surface area contributed by atoms with Crippen LogP contribution < -0.4 is 5.32 Å². The van der Waals surface area contributed by atoms with Crippen LogP contribution >= 0.6 is 0 Å². The summed E-state index contributed by atoms with van der Waals surface area (Å²) in [5.74, 6) is -0.497. The van der Waals surface area contributed by atoms with E-state index in [4.69, 9.17) is 9.47 Å². The van der Waals surface area contributed by atoms with Crippen molar-refractivity contribution in [2.75, 3.05) is 32.1 Å². The van der Waals surface area contributed by atoms with Gasteiger partial charge in [0.2, 0.25) is 0 Å². The Hall–Kier alpha value is -3.55. The Morgan fingerprint density at radius 1 is 1.06 bits per heavy atom. The number of methoxy groups -OCH3 is 1. The second kappa shape index (κ2) is 9.30. The topological polar surface area (TPSA) is 88.2 Å². The van der Waals surface area contributed by atoms with Crippen LogP contribution in [0.2, 0.25) is 0 Å². The van der Waals surface area contributed by atoms with Gasteiger partial charge < -0.3 is 24.6 Å². The molecule has 1 fully saturated rings. The van der Waals surface area contributed by atoms with E-state index in [0.29, 0.717) is 49.4 Å². The molecule has 1 saturated heterocycles. The Balaban J connectivity index is 1.61. The zero-order valence-corrected chi connectivity index (χ0v) is 18.2. The molecule has 2 aromatic rings. The van der Waals surface area contributed by atoms with Gasteiger partial charge in [0.25, 0.3) is 5.91 Å². The number of anilines is 1. The molecule has 8 nitrogen and oxygen atoms in total. The van der Waals surface area contributed by atoms with Crippen molar-refractivity contribution in [3.8, 4) is 0 Å². The lowest BCUT2D eigenvalue weighted by molar-refractivity contribution is 0.0496. The van der Waals surface area contributed by atoms with Gasteiger partial charge in [-0.25, -0.2) is 9.59 Å². The van der Waals surface area contributed by atoms with Crippen LogP contribution in [-0.2, 0) is 9.47 Å². The van der Waals surface area contributed by atoms with E-state index in [-0.39, 0.29) is 18.0 Å². The van der Waals surface area contributed by atoms with E-state index in [0.717, 1.165) is 5.56 Å². The van der Waals surface area contributed by atoms with E-state index < -0.39 is 12.1 Å². The van der Waals surface area contributed by atoms with Crippen molar-refractivity contribution in [3.05, 3.63) is 65.2 Å². The molecule has 2 amide bonds. The highest BCUT2D eigenvalue weighted by Gasteiger charge is 2.42. The highest BCUT2D eigenvalue weighted by molar-refractivity contribution is 6.00. The minimum absolute atomic E-state index is 0.0524. The van der Waals surface area contributed by atoms with Gasteiger partial charge in [-0.3, -0.25) is 4.79 Å². The van der Waals surface area contributed by atoms with Crippen LogP contribution in [0.25, 0.3) is 0 Å². The average molecular weight is 437 g/mol. The average Bonchev–Trinajstić information content (AvgIpc) is 3.11. The number of hydrogen-bond acceptors (Lipinski definition) is 6. The molecule has 2 aliphatic rings. The van der Waals surface area contributed by atoms with E-state index in [9.17, 15) is 14.4 Å². The van der Waals surface area contributed by atoms with Gasteiger partial charge in [-0.2, -0.15) is 0 Å². The predicted octanol–water partition coefficient (Wildman–Crippen LogP) is 3.66. The van der Waals surface area contributed by atoms with Crippen LogP contribution in [0.4, 0.5) is 10.5 Å². The molecule has 1 atom stereocenters. The summed E-state index contributed by atoms with van der Waals surface area (Å²) in [6.45, 7) is 3.17. The van der Waals surface area contributed by atoms with E-state index in [1.165, 1.54) is 7.11 Å². The molecule has 168 valence electrons. The molecule has 0 aliphatic carbocycles. The number of hydrogen-bond donors (Lipinski definition) is 1. The van der Waals surface area contributed by atoms with Crippen LogP contribution in [0, 0.1) is 0 Å². The lowest BCUT2D eigenvalue weighted by Gasteiger charge is -2.39. The quantitative estimate of drug-likeness (QED) is 0.719. The molecule has 0 aromatic heterocycles. The number of carbonyl (C=O) groups is 3. The zero-order valence-electron chi connectivity index (χ0n) is 18.2. The summed E-state index contributed by atoms with van der Waals surface area (Å²) in [6, 6.07) is 14.6. The molecule has 2 aliphatic heterocycles. The molecule has 2 aromatic carbocycles. The van der Waals surface area contributed by atoms with E-state index in [1.54, 1.807) is 30.0 Å². The Kier molecular flexibility index (Phi) is 6.30. The van der Waals surface area contributed by atoms with Gasteiger partial charge >= 0.3 is 12.1 Å². The van der Waals surface area contributed by atoms with Crippen molar-refractivity contribution in [1.82, 2.24) is 9.80 Å². The van der Waals surface area contributed by atoms with Crippen molar-refractivity contribution < 1.29 is 23.9 Å². The van der Waals surface area contributed by atoms with E-state index in [1.807, 2.05) is 35.2 Å². The number of esters is 1. The second-order valence-corrected chi connectivity index (χ2v) is 7.80. The molecule has 2 heterocycles. The largest absolute Gasteiger partial charge is 0.465 e. The summed E-state index contributed by atoms with van der Waals surface area (Å²) >= 11 is 0. The van der Waals surface area contributed by atoms with Crippen LogP contribution in [-0.4, -0.2) is 60.6 Å². The van der Waals surface area contributed by atoms with Gasteiger partial charge in [-0.05, 0) is 38.0 Å². The van der Waals surface area contributed by atoms with Gasteiger partial charge in [-0.1, -0.05) is 30.3 Å². The fourth-order valence-corrected chi connectivity index (χ4v) is 4.45. The first-order valence-electron chi connectivity index (χ1n) is 10.8. The Morgan fingerprint density at radius 3 is 2.47 bits per heavy atom. The van der Waals surface area contributed by atoms with Crippen molar-refractivity contribution in [3.63, 3.8) is 0 Å². The van der Waals surface area contributed by atoms with Crippen LogP contribution in [0.5, 0.6) is 0 Å². The Labute approximate surface area is 187 Å². The van der Waals surface area contributed by atoms with Crippen molar-refractivity contribution >= 4 is 23.7 Å². The smallest absolute Gasteiger partial charge is 0.409 e. The maximum Gasteiger partial charge on any atom is 0.409 e. The van der Waals surface area contributed by atoms with Crippen molar-refractivity contribution in [2.45, 2.75) is 32.0 Å². The Morgan fingerprint density at radius 2 is 1.75 bits per heavy atom. The SMILES string of the molecule is CCOC(=O)N1CCC(N2C(=O)c3ccccc3C2Nc2ccccc2C(=O)OC)CC1. The molecule has 32 heavy (non-hydrogen) atoms. The summed E-state index contributed by atoms with van der Waals surface area (Å²) < 4.78 is 10.0. The third-order valence-electron chi connectivity index (χ3n) is 6.01. The molecule has 0 saturated carbocycles. The zero-order chi connectivity index (χ0) is 22.7. The highest BCUT2D eigenvalue weighted by atomic mass is 16.6. The maximum atomic E-state index is 13.4. The number of para-hydroxylation sites is 1. The monoisotopic (exact) mass is 437 g/mol. The number of likely N-dealkylation sites (tertiary alicyclic amines) is 1. The second-order valence-electron chi connectivity index (χ2n) is 7.80. The molecule has 1 unspecified atom stereocenters. The lowest BCUT2D eigenvalue weighted by Crippen LogP contribution is -2.49. The van der Waals surface area contributed by atoms with Gasteiger partial charge in [0.05, 0.1) is 25.0 Å². The van der Waals surface area contributed by atoms with Gasteiger partial charge in [-0.15, -0.1) is 0 Å². The fraction of sp³-hybridized carbons (Fsp3) is 0.375. The van der Waals surface area contributed by atoms with Gasteiger partial charge in [0, 0.05) is 30.3 Å². The van der Waals surface area contributed by atoms with Gasteiger partial charge in [0.15, 0.2) is 0 Å². The normalized spacial score (nSPS) is 18.3. The van der Waals surface area contributed by atoms with Gasteiger partial charge in [0.1, 0.15) is 6.17 Å². The number of rotatable bonds is 5. The molecule has 8 heteroatoms. The number of nitrogens with one attached hydrogen (secondary N) is 1. The van der Waals surface area contributed by atoms with Crippen molar-refractivity contribution in [2.24, 2.45) is 0 Å². The summed E-state index contributed by atoms with van der Waals surface area (Å²) in [4.78, 5) is 41.2. The summed E-state index contributed by atoms with van der Waals surface area (Å²) in [7, 11) is 1.34. The summed E-state index contributed by atoms with van der Waals surface area (Å²) in [6.07, 6.45) is 0.553. The molecule has 0 spiro atoms. The minimum atomic E-state index is -0.444. The van der Waals surface area contributed by atoms with Crippen LogP contribution in [0.1, 0.15) is 52.2 Å². The number of carbonyl (C=O) groups excluding carboxylic acids is 3. The number of ether oxygens (including phenoxy) is 2. The highest BCUT2D eigenvalue weighted by Crippen LogP contribution is 2.38. The van der Waals surface area contributed by atoms with Crippen molar-refractivity contribution in [1.29, 1.82) is 0 Å². The van der Waals surface area contributed by atoms with E-state index >= 15 is 0 Å². The lowest BCUT2D eigenvalue weighted by atomic mass is 10.0. The first-order chi connectivity index (χ1) is 15.5. The standard InChI is InChI=1S/C24H27N3O5/c1-3-32-24(30)26-14-12-16(13-15-26)27-21(17-8-4-5-9-18(17)22(27)28)25-20-11-7-6-10-19(20)23(29)31-2/h4-11,16,21,25H,3,12-15H2,1-2H3. The molecule has 0 bridgehead atoms. The summed E-state index contributed by atoms with van der Waals surface area (Å²) in [5.41, 5.74) is 2.52. The maximum absolute atomic E-state index is 13.4. The summed E-state index contributed by atoms with van der Waals surface area (Å²) in [5, 5.41) is 3.41. The number of nitrogens with zero attached hydrogens (tertiary/aromatic N) is 2. The third kappa shape index (κ3) is 4.00. The first-order valence-corrected chi connectivity index (χ1v) is 10.8. The fourth-order valence-electron chi connectivity index (χ4n) is 4.45. The Bertz CT molecular complexity index is 1020.